The number of allylic oxidation sites excluding steroid dienone is 1. The van der Waals surface area contributed by atoms with Crippen LogP contribution in [0.5, 0.6) is 0 Å². The average molecular weight is 256 g/mol. The van der Waals surface area contributed by atoms with E-state index in [9.17, 15) is 0 Å². The van der Waals surface area contributed by atoms with Crippen LogP contribution in [0.3, 0.4) is 0 Å². The van der Waals surface area contributed by atoms with Crippen molar-refractivity contribution in [2.24, 2.45) is 0 Å². The Morgan fingerprint density at radius 1 is 0.850 bits per heavy atom. The molecule has 20 heavy (non-hydrogen) atoms. The summed E-state index contributed by atoms with van der Waals surface area (Å²) in [5, 5.41) is 2.64. The van der Waals surface area contributed by atoms with Gasteiger partial charge in [-0.1, -0.05) is 72.3 Å². The molecule has 0 bridgehead atoms. The zero-order chi connectivity index (χ0) is 13.5. The second-order valence-electron chi connectivity index (χ2n) is 5.61. The van der Waals surface area contributed by atoms with E-state index in [2.05, 4.69) is 73.7 Å². The predicted octanol–water partition coefficient (Wildman–Crippen LogP) is 5.47. The largest absolute Gasteiger partial charge is 0.0683 e. The van der Waals surface area contributed by atoms with E-state index in [4.69, 9.17) is 0 Å². The molecule has 0 heteroatoms. The predicted molar refractivity (Wildman–Crippen MR) is 86.7 cm³/mol. The van der Waals surface area contributed by atoms with Gasteiger partial charge >= 0.3 is 0 Å². The lowest BCUT2D eigenvalue weighted by Crippen LogP contribution is -1.86. The molecule has 0 nitrogen and oxygen atoms in total. The molecule has 1 aliphatic rings. The quantitative estimate of drug-likeness (QED) is 0.542. The Hall–Kier alpha value is -2.34. The van der Waals surface area contributed by atoms with E-state index in [0.29, 0.717) is 0 Å². The minimum absolute atomic E-state index is 1.09. The van der Waals surface area contributed by atoms with E-state index in [-0.39, 0.29) is 0 Å². The summed E-state index contributed by atoms with van der Waals surface area (Å²) < 4.78 is 0. The Balaban J connectivity index is 1.91. The maximum Gasteiger partial charge on any atom is -0.00604 e. The molecule has 0 atom stereocenters. The summed E-state index contributed by atoms with van der Waals surface area (Å²) in [4.78, 5) is 0. The van der Waals surface area contributed by atoms with E-state index in [1.807, 2.05) is 0 Å². The van der Waals surface area contributed by atoms with Crippen LogP contribution in [0, 0.1) is 0 Å². The molecule has 0 fully saturated rings. The van der Waals surface area contributed by atoms with Gasteiger partial charge in [-0.25, -0.2) is 0 Å². The van der Waals surface area contributed by atoms with Crippen LogP contribution in [0.2, 0.25) is 0 Å². The van der Waals surface area contributed by atoms with Gasteiger partial charge in [0.25, 0.3) is 0 Å². The molecule has 4 rings (SSSR count). The minimum Gasteiger partial charge on any atom is -0.0683 e. The fraction of sp³-hybridized carbons (Fsp3) is 0.100. The molecular weight excluding hydrogens is 240 g/mol. The average Bonchev–Trinajstić information content (AvgIpc) is 2.85. The van der Waals surface area contributed by atoms with Crippen molar-refractivity contribution in [3.63, 3.8) is 0 Å². The molecule has 0 spiro atoms. The van der Waals surface area contributed by atoms with Gasteiger partial charge in [-0.2, -0.15) is 0 Å². The zero-order valence-electron chi connectivity index (χ0n) is 11.6. The van der Waals surface area contributed by atoms with Gasteiger partial charge in [-0.15, -0.1) is 0 Å². The van der Waals surface area contributed by atoms with Crippen LogP contribution in [0.15, 0.2) is 66.2 Å². The van der Waals surface area contributed by atoms with Gasteiger partial charge in [-0.3, -0.25) is 0 Å². The van der Waals surface area contributed by atoms with Crippen molar-refractivity contribution in [2.45, 2.75) is 13.3 Å². The molecular formula is C20H16. The highest BCUT2D eigenvalue weighted by atomic mass is 14.2. The molecule has 0 N–H and O–H groups in total. The molecule has 0 unspecified atom stereocenters. The van der Waals surface area contributed by atoms with Crippen molar-refractivity contribution in [3.05, 3.63) is 77.4 Å². The number of benzene rings is 3. The third-order valence-corrected chi connectivity index (χ3v) is 4.11. The summed E-state index contributed by atoms with van der Waals surface area (Å²) in [6, 6.07) is 22.0. The van der Waals surface area contributed by atoms with Crippen molar-refractivity contribution in [1.29, 1.82) is 0 Å². The first kappa shape index (κ1) is 11.5. The second kappa shape index (κ2) is 4.35. The second-order valence-corrected chi connectivity index (χ2v) is 5.61. The lowest BCUT2D eigenvalue weighted by molar-refractivity contribution is 1.20. The van der Waals surface area contributed by atoms with Gasteiger partial charge < -0.3 is 0 Å². The van der Waals surface area contributed by atoms with Gasteiger partial charge in [0.2, 0.25) is 0 Å². The number of rotatable bonds is 1. The first-order valence-electron chi connectivity index (χ1n) is 7.09. The molecule has 1 aliphatic carbocycles. The summed E-state index contributed by atoms with van der Waals surface area (Å²) in [5.74, 6) is 0. The minimum atomic E-state index is 1.09. The van der Waals surface area contributed by atoms with Crippen LogP contribution in [0.25, 0.3) is 28.0 Å². The fourth-order valence-corrected chi connectivity index (χ4v) is 3.16. The summed E-state index contributed by atoms with van der Waals surface area (Å²) in [6.07, 6.45) is 3.39. The Morgan fingerprint density at radius 2 is 1.70 bits per heavy atom. The van der Waals surface area contributed by atoms with Crippen LogP contribution < -0.4 is 0 Å². The molecule has 0 heterocycles. The van der Waals surface area contributed by atoms with Gasteiger partial charge in [0.1, 0.15) is 0 Å². The van der Waals surface area contributed by atoms with Crippen LogP contribution >= 0.6 is 0 Å². The summed E-state index contributed by atoms with van der Waals surface area (Å²) in [6.45, 7) is 2.21. The third kappa shape index (κ3) is 1.77. The smallest absolute Gasteiger partial charge is 0.00604 e. The van der Waals surface area contributed by atoms with E-state index in [1.165, 1.54) is 38.6 Å². The Kier molecular flexibility index (Phi) is 2.50. The van der Waals surface area contributed by atoms with Gasteiger partial charge in [0.05, 0.1) is 0 Å². The number of hydrogen-bond acceptors (Lipinski definition) is 0. The fourth-order valence-electron chi connectivity index (χ4n) is 3.16. The molecule has 0 amide bonds. The standard InChI is InChI=1S/C20H16/c1-14-11-16-9-10-17(13-18(16)12-14)20-8-4-6-15-5-2-3-7-19(15)20/h2-11,13H,12H2,1H3. The highest BCUT2D eigenvalue weighted by Gasteiger charge is 2.11. The summed E-state index contributed by atoms with van der Waals surface area (Å²) >= 11 is 0. The molecule has 0 radical (unpaired) electrons. The maximum absolute atomic E-state index is 2.35. The zero-order valence-corrected chi connectivity index (χ0v) is 11.6. The van der Waals surface area contributed by atoms with Gasteiger partial charge in [-0.05, 0) is 46.4 Å². The normalized spacial score (nSPS) is 13.3. The van der Waals surface area contributed by atoms with Crippen LogP contribution in [0.1, 0.15) is 18.1 Å². The van der Waals surface area contributed by atoms with E-state index >= 15 is 0 Å². The van der Waals surface area contributed by atoms with Gasteiger partial charge in [0.15, 0.2) is 0 Å². The van der Waals surface area contributed by atoms with Crippen molar-refractivity contribution in [2.75, 3.05) is 0 Å². The third-order valence-electron chi connectivity index (χ3n) is 4.11. The lowest BCUT2D eigenvalue weighted by atomic mass is 9.95. The van der Waals surface area contributed by atoms with Crippen LogP contribution in [-0.2, 0) is 6.42 Å². The van der Waals surface area contributed by atoms with Crippen molar-refractivity contribution in [3.8, 4) is 11.1 Å². The molecule has 0 saturated carbocycles. The molecule has 3 aromatic carbocycles. The molecule has 0 saturated heterocycles. The topological polar surface area (TPSA) is 0 Å². The SMILES string of the molecule is CC1=Cc2ccc(-c3cccc4ccccc34)cc2C1. The monoisotopic (exact) mass is 256 g/mol. The Labute approximate surface area is 119 Å². The maximum atomic E-state index is 2.35. The Bertz CT molecular complexity index is 832. The first-order valence-corrected chi connectivity index (χ1v) is 7.09. The number of hydrogen-bond donors (Lipinski definition) is 0. The summed E-state index contributed by atoms with van der Waals surface area (Å²) in [7, 11) is 0. The van der Waals surface area contributed by atoms with Gasteiger partial charge in [0, 0.05) is 0 Å². The number of fused-ring (bicyclic) bond motifs is 2. The Morgan fingerprint density at radius 3 is 2.65 bits per heavy atom. The highest BCUT2D eigenvalue weighted by Crippen LogP contribution is 2.33. The summed E-state index contributed by atoms with van der Waals surface area (Å²) in [5.41, 5.74) is 6.94. The lowest BCUT2D eigenvalue weighted by Gasteiger charge is -2.09. The van der Waals surface area contributed by atoms with Crippen molar-refractivity contribution < 1.29 is 0 Å². The van der Waals surface area contributed by atoms with E-state index in [1.54, 1.807) is 0 Å². The molecule has 0 aromatic heterocycles. The van der Waals surface area contributed by atoms with Crippen molar-refractivity contribution in [1.82, 2.24) is 0 Å². The van der Waals surface area contributed by atoms with Crippen LogP contribution in [-0.4, -0.2) is 0 Å². The first-order chi connectivity index (χ1) is 9.81. The van der Waals surface area contributed by atoms with E-state index < -0.39 is 0 Å². The van der Waals surface area contributed by atoms with E-state index in [0.717, 1.165) is 6.42 Å². The molecule has 96 valence electrons. The van der Waals surface area contributed by atoms with Crippen molar-refractivity contribution >= 4 is 16.8 Å². The molecule has 3 aromatic rings. The van der Waals surface area contributed by atoms with Crippen LogP contribution in [0.4, 0.5) is 0 Å². The highest BCUT2D eigenvalue weighted by molar-refractivity contribution is 5.96. The molecule has 0 aliphatic heterocycles.